The van der Waals surface area contributed by atoms with Gasteiger partial charge in [-0.05, 0) is 276 Å². The van der Waals surface area contributed by atoms with Crippen molar-refractivity contribution in [1.29, 1.82) is 15.8 Å². The number of imide groups is 3. The number of nitrogens with one attached hydrogen (secondary N) is 2. The first-order chi connectivity index (χ1) is 63.8. The summed E-state index contributed by atoms with van der Waals surface area (Å²) in [4.78, 5) is 143. The Morgan fingerprint density at radius 2 is 0.907 bits per heavy atom. The van der Waals surface area contributed by atoms with Crippen molar-refractivity contribution < 1.29 is 165 Å². The monoisotopic (exact) mass is 2120 g/mol. The van der Waals surface area contributed by atoms with Crippen LogP contribution in [0.25, 0.3) is 11.1 Å². The van der Waals surface area contributed by atoms with Crippen molar-refractivity contribution >= 4 is 122 Å². The fourth-order valence-corrected chi connectivity index (χ4v) is 12.8. The second-order valence-electron chi connectivity index (χ2n) is 36.4. The number of aliphatic carboxylic acids is 1. The summed E-state index contributed by atoms with van der Waals surface area (Å²) in [5.74, 6) is -6.20. The Balaban J connectivity index is 0.000000406. The van der Waals surface area contributed by atoms with Crippen LogP contribution in [-0.2, 0) is 74.0 Å². The van der Waals surface area contributed by atoms with Gasteiger partial charge in [0.25, 0.3) is 11.8 Å². The predicted octanol–water partition coefficient (Wildman–Crippen LogP) is 14.9. The molecule has 10 rings (SSSR count). The molecule has 0 unspecified atom stereocenters. The van der Waals surface area contributed by atoms with E-state index >= 15 is 0 Å². The van der Waals surface area contributed by atoms with E-state index < -0.39 is 130 Å². The Kier molecular flexibility index (Phi) is 43.1. The Labute approximate surface area is 873 Å². The Bertz CT molecular complexity index is 6090. The van der Waals surface area contributed by atoms with Gasteiger partial charge in [0.2, 0.25) is 0 Å². The van der Waals surface area contributed by atoms with Crippen molar-refractivity contribution in [1.82, 2.24) is 59.8 Å². The largest absolute Gasteiger partial charge is 1.00 e. The van der Waals surface area contributed by atoms with Crippen molar-refractivity contribution in [2.24, 2.45) is 21.1 Å². The summed E-state index contributed by atoms with van der Waals surface area (Å²) in [6.07, 6.45) is -5.31. The zero-order valence-electron chi connectivity index (χ0n) is 82.7. The maximum atomic E-state index is 14.5. The summed E-state index contributed by atoms with van der Waals surface area (Å²) in [6.45, 7) is 35.8. The van der Waals surface area contributed by atoms with Crippen LogP contribution in [0.15, 0.2) is 112 Å². The Morgan fingerprint density at radius 3 is 1.28 bits per heavy atom. The van der Waals surface area contributed by atoms with Gasteiger partial charge in [0.1, 0.15) is 105 Å². The third kappa shape index (κ3) is 35.6. The summed E-state index contributed by atoms with van der Waals surface area (Å²) in [5.41, 5.74) is -1.66. The number of nitrogens with zero attached hydrogens (tertiary/aromatic N) is 16. The van der Waals surface area contributed by atoms with E-state index in [1.54, 1.807) is 183 Å². The minimum absolute atomic E-state index is 0. The molecule has 0 saturated carbocycles. The standard InChI is InChI=1S/C31H35FN6O6.C30H34BrFN6O6.C24H28BrFN2O7.C7H10N4.C2H4O2.ClH.K/c1-17-21-13-19(32)10-11-20(21)27(39)36(8)16-22-25(23(14-33)37(9)35-22)18-12-24(42-17)26(34-15-18)38(28(40)43-30(2,3)4)29(41)44-31(5,6)7;1-17(23-12-19(32)9-10-22(23)26(39)35-16-20-13-21(14-33)37(8)36-20)42-24-11-18(31)15-34-25(24)38(27(40)43-29(2,3)4)28(41)44-30(5,6)7;1-13(17-11-15(26)8-9-16(17)20(29)30)33-18-10-14(25)12-27-19(18)28(21(31)34-23(2,3)4)22(32)35-24(5,6)7;1-9-5-6-3-7(4-8)11(2)10-6;1-2(3)4;;/h10-13,15,17H,16H2,1-9H3;9-13,15,17H,16H2,1-8H3,(H,35,39);8-13H,1-7H3,(H,29,30);3,9H,5H2,1-2H3;1H3,(H,3,4);1H;/q;;;;;;+1/p-1/t2*17-;13-;;;;/m111..../s1. The van der Waals surface area contributed by atoms with E-state index in [-0.39, 0.29) is 151 Å². The number of pyridine rings is 3. The topological polar surface area (TPSA) is 498 Å². The third-order valence-corrected chi connectivity index (χ3v) is 18.5. The van der Waals surface area contributed by atoms with Crippen LogP contribution < -0.4 is 96.0 Å². The number of anilines is 3. The number of nitriles is 3. The summed E-state index contributed by atoms with van der Waals surface area (Å²) in [7, 11) is 8.39. The number of ether oxygens (including phenoxy) is 9. The quantitative estimate of drug-likeness (QED) is 0.0634. The number of hydrogen-bond donors (Lipinski definition) is 3. The maximum Gasteiger partial charge on any atom is 1.00 e. The number of aromatic carboxylic acids is 1. The number of rotatable bonds is 15. The molecule has 0 fully saturated rings. The molecule has 2 bridgehead atoms. The molecular formula is C94H111Br2ClF3KN18O21. The van der Waals surface area contributed by atoms with Crippen molar-refractivity contribution in [3.63, 3.8) is 0 Å². The first-order valence-electron chi connectivity index (χ1n) is 42.2. The van der Waals surface area contributed by atoms with Crippen LogP contribution in [0.4, 0.5) is 59.4 Å². The first-order valence-corrected chi connectivity index (χ1v) is 43.8. The zero-order valence-corrected chi connectivity index (χ0v) is 89.8. The second kappa shape index (κ2) is 50.5. The summed E-state index contributed by atoms with van der Waals surface area (Å²) >= 11 is 6.59. The number of halogens is 6. The number of carbonyl (C=O) groups is 10. The van der Waals surface area contributed by atoms with Crippen LogP contribution in [0, 0.1) is 51.4 Å². The predicted molar refractivity (Wildman–Crippen MR) is 507 cm³/mol. The maximum absolute atomic E-state index is 14.5. The number of carbonyl (C=O) groups excluding carboxylic acids is 9. The second-order valence-corrected chi connectivity index (χ2v) is 38.3. The van der Waals surface area contributed by atoms with Crippen LogP contribution >= 0.6 is 44.3 Å². The van der Waals surface area contributed by atoms with Crippen LogP contribution in [0.2, 0.25) is 0 Å². The molecule has 7 heterocycles. The molecule has 3 N–H and O–H groups in total. The molecular weight excluding hydrogens is 2010 g/mol. The molecule has 1 aliphatic heterocycles. The number of benzene rings is 3. The fourth-order valence-electron chi connectivity index (χ4n) is 12.2. The van der Waals surface area contributed by atoms with E-state index in [9.17, 15) is 66.7 Å². The molecule has 0 aliphatic carbocycles. The van der Waals surface area contributed by atoms with Gasteiger partial charge in [-0.1, -0.05) is 0 Å². The zero-order chi connectivity index (χ0) is 104. The SMILES string of the molecule is CC(=O)[O-].CNCc1cc(C#N)n(C)n1.C[C@@H](Oc1cc(Br)cnc1N(C(=O)OC(C)(C)C)C(=O)OC(C)(C)C)c1cc(F)ccc1C(=O)NCc1cc(C#N)n(C)n1.C[C@@H](Oc1cc(Br)cnc1N(C(=O)OC(C)(C)C)C(=O)OC(C)(C)C)c1cc(F)ccc1C(=O)O.C[C@H]1Oc2cc(cnc2N(C(=O)OC(C)(C)C)C(=O)OC(C)(C)C)-c2c(nn(C)c2C#N)CN(C)C(=O)c2ccc(F)cc21.Cl.[K+]. The van der Waals surface area contributed by atoms with Crippen molar-refractivity contribution in [3.05, 3.63) is 197 Å². The average Bonchev–Trinajstić information content (AvgIpc) is 1.51. The molecule has 3 aromatic carbocycles. The minimum Gasteiger partial charge on any atom is -0.550 e. The first kappa shape index (κ1) is 120. The van der Waals surface area contributed by atoms with Gasteiger partial charge in [-0.3, -0.25) is 23.6 Å². The van der Waals surface area contributed by atoms with Gasteiger partial charge >= 0.3 is 93.9 Å². The average molecular weight is 2120 g/mol. The smallest absolute Gasteiger partial charge is 0.550 e. The molecule has 746 valence electrons. The Morgan fingerprint density at radius 1 is 0.543 bits per heavy atom. The number of carboxylic acids is 2. The molecule has 8 amide bonds. The molecule has 3 atom stereocenters. The molecule has 39 nitrogen and oxygen atoms in total. The normalized spacial score (nSPS) is 12.6. The van der Waals surface area contributed by atoms with Crippen LogP contribution in [0.3, 0.4) is 0 Å². The number of aryl methyl sites for hydroxylation is 3. The Hall–Kier alpha value is -12.7. The molecule has 0 radical (unpaired) electrons. The number of fused-ring (bicyclic) bond motifs is 5. The molecule has 0 spiro atoms. The van der Waals surface area contributed by atoms with Gasteiger partial charge in [-0.25, -0.2) is 61.7 Å². The molecule has 6 aromatic heterocycles. The fraction of sp³-hybridized carbons (Fsp3) is 0.415. The van der Waals surface area contributed by atoms with Gasteiger partial charge in [-0.15, -0.1) is 12.4 Å². The van der Waals surface area contributed by atoms with E-state index in [1.165, 1.54) is 82.2 Å². The van der Waals surface area contributed by atoms with Crippen molar-refractivity contribution in [2.45, 2.75) is 224 Å². The summed E-state index contributed by atoms with van der Waals surface area (Å²) < 4.78 is 99.2. The van der Waals surface area contributed by atoms with Crippen LogP contribution in [0.5, 0.6) is 17.2 Å². The van der Waals surface area contributed by atoms with E-state index in [1.807, 2.05) is 19.2 Å². The van der Waals surface area contributed by atoms with Crippen molar-refractivity contribution in [2.75, 3.05) is 28.8 Å². The molecule has 140 heavy (non-hydrogen) atoms. The molecule has 0 saturated heterocycles. The van der Waals surface area contributed by atoms with Gasteiger partial charge in [-0.2, -0.15) is 45.8 Å². The minimum atomic E-state index is -1.27. The van der Waals surface area contributed by atoms with E-state index in [0.29, 0.717) is 64.1 Å². The van der Waals surface area contributed by atoms with Gasteiger partial charge in [0.05, 0.1) is 35.7 Å². The third-order valence-electron chi connectivity index (χ3n) is 17.6. The van der Waals surface area contributed by atoms with E-state index in [4.69, 9.17) is 63.1 Å². The number of aromatic nitrogens is 9. The molecule has 1 aliphatic rings. The number of amides is 8. The van der Waals surface area contributed by atoms with E-state index in [0.717, 1.165) is 42.9 Å². The summed E-state index contributed by atoms with van der Waals surface area (Å²) in [5, 5.41) is 64.5. The van der Waals surface area contributed by atoms with Gasteiger partial charge in [0, 0.05) is 107 Å². The molecule has 46 heteroatoms. The van der Waals surface area contributed by atoms with E-state index in [2.05, 4.69) is 78.8 Å². The molecule has 9 aromatic rings. The summed E-state index contributed by atoms with van der Waals surface area (Å²) in [6, 6.07) is 24.4. The number of hydrogen-bond acceptors (Lipinski definition) is 30. The van der Waals surface area contributed by atoms with Crippen LogP contribution in [0.1, 0.15) is 253 Å². The van der Waals surface area contributed by atoms with Crippen LogP contribution in [-0.4, -0.2) is 162 Å². The van der Waals surface area contributed by atoms with Gasteiger partial charge < -0.3 is 73.2 Å². The van der Waals surface area contributed by atoms with Crippen molar-refractivity contribution in [3.8, 4) is 46.6 Å². The number of carboxylic acid groups (broad SMARTS) is 2. The van der Waals surface area contributed by atoms with Gasteiger partial charge in [0.15, 0.2) is 34.7 Å².